The van der Waals surface area contributed by atoms with E-state index in [2.05, 4.69) is 27.0 Å². The molecule has 0 radical (unpaired) electrons. The van der Waals surface area contributed by atoms with Crippen molar-refractivity contribution in [2.24, 2.45) is 0 Å². The molecule has 5 nitrogen and oxygen atoms in total. The van der Waals surface area contributed by atoms with E-state index in [-0.39, 0.29) is 5.15 Å². The third-order valence-corrected chi connectivity index (χ3v) is 4.35. The van der Waals surface area contributed by atoms with Crippen molar-refractivity contribution in [3.05, 3.63) is 10.0 Å². The normalized spacial score (nSPS) is 17.7. The number of anilines is 1. The van der Waals surface area contributed by atoms with E-state index < -0.39 is 5.97 Å². The Morgan fingerprint density at radius 1 is 1.56 bits per heavy atom. The molecule has 0 aliphatic carbocycles. The smallest absolute Gasteiger partial charge is 0.351 e. The van der Waals surface area contributed by atoms with Gasteiger partial charge in [0.05, 0.1) is 7.11 Å². The number of rotatable bonds is 3. The molecule has 1 aromatic heterocycles. The van der Waals surface area contributed by atoms with Crippen molar-refractivity contribution in [1.82, 2.24) is 9.88 Å². The molecule has 1 N–H and O–H groups in total. The van der Waals surface area contributed by atoms with Gasteiger partial charge < -0.3 is 15.0 Å². The third-order valence-electron chi connectivity index (χ3n) is 3.00. The molecule has 0 spiro atoms. The van der Waals surface area contributed by atoms with Crippen LogP contribution in [0.5, 0.6) is 0 Å². The third kappa shape index (κ3) is 3.13. The first kappa shape index (κ1) is 13.6. The van der Waals surface area contributed by atoms with E-state index in [1.54, 1.807) is 0 Å². The van der Waals surface area contributed by atoms with E-state index in [9.17, 15) is 4.79 Å². The minimum atomic E-state index is -0.436. The number of esters is 1. The molecule has 2 heterocycles. The summed E-state index contributed by atoms with van der Waals surface area (Å²) in [7, 11) is 3.45. The molecule has 0 aromatic carbocycles. The molecule has 0 saturated carbocycles. The fraction of sp³-hybridized carbons (Fsp3) is 0.636. The number of hydrogen-bond acceptors (Lipinski definition) is 6. The van der Waals surface area contributed by atoms with Crippen LogP contribution in [-0.4, -0.2) is 49.1 Å². The maximum atomic E-state index is 11.4. The fourth-order valence-electron chi connectivity index (χ4n) is 1.91. The first-order chi connectivity index (χ1) is 8.60. The topological polar surface area (TPSA) is 54.5 Å². The highest BCUT2D eigenvalue weighted by Crippen LogP contribution is 2.28. The zero-order valence-corrected chi connectivity index (χ0v) is 12.0. The zero-order valence-electron chi connectivity index (χ0n) is 10.4. The number of carbonyl (C=O) groups is 1. The molecule has 100 valence electrons. The van der Waals surface area contributed by atoms with Crippen molar-refractivity contribution < 1.29 is 9.53 Å². The number of hydrogen-bond donors (Lipinski definition) is 1. The Morgan fingerprint density at radius 3 is 2.83 bits per heavy atom. The molecule has 0 unspecified atom stereocenters. The van der Waals surface area contributed by atoms with E-state index in [1.165, 1.54) is 18.4 Å². The Kier molecular flexibility index (Phi) is 4.42. The average molecular weight is 290 g/mol. The summed E-state index contributed by atoms with van der Waals surface area (Å²) in [6.45, 7) is 2.14. The zero-order chi connectivity index (χ0) is 13.1. The molecule has 1 aliphatic heterocycles. The molecule has 1 aliphatic rings. The van der Waals surface area contributed by atoms with Gasteiger partial charge in [0.1, 0.15) is 0 Å². The molecule has 0 amide bonds. The fourth-order valence-corrected chi connectivity index (χ4v) is 3.09. The summed E-state index contributed by atoms with van der Waals surface area (Å²) in [6, 6.07) is 0.397. The van der Waals surface area contributed by atoms with Crippen LogP contribution in [0, 0.1) is 0 Å². The minimum absolute atomic E-state index is 0.210. The van der Waals surface area contributed by atoms with Gasteiger partial charge in [-0.1, -0.05) is 22.9 Å². The number of nitrogens with one attached hydrogen (secondary N) is 1. The SMILES string of the molecule is COC(=O)c1sc(NC2CCN(C)CC2)nc1Cl. The van der Waals surface area contributed by atoms with E-state index in [0.29, 0.717) is 16.1 Å². The molecule has 1 saturated heterocycles. The van der Waals surface area contributed by atoms with Gasteiger partial charge in [-0.25, -0.2) is 9.78 Å². The van der Waals surface area contributed by atoms with Crippen LogP contribution in [0.4, 0.5) is 5.13 Å². The maximum Gasteiger partial charge on any atom is 0.351 e. The van der Waals surface area contributed by atoms with Gasteiger partial charge in [0.25, 0.3) is 0 Å². The van der Waals surface area contributed by atoms with Gasteiger partial charge in [-0.2, -0.15) is 0 Å². The highest BCUT2D eigenvalue weighted by molar-refractivity contribution is 7.18. The predicted molar refractivity (Wildman–Crippen MR) is 72.6 cm³/mol. The van der Waals surface area contributed by atoms with Gasteiger partial charge in [0.2, 0.25) is 0 Å². The number of ether oxygens (including phenoxy) is 1. The molecule has 1 aromatic rings. The summed E-state index contributed by atoms with van der Waals surface area (Å²) in [5.74, 6) is -0.436. The second-order valence-corrected chi connectivity index (χ2v) is 5.71. The van der Waals surface area contributed by atoms with Crippen molar-refractivity contribution in [2.45, 2.75) is 18.9 Å². The Balaban J connectivity index is 2.00. The Morgan fingerprint density at radius 2 is 2.22 bits per heavy atom. The summed E-state index contributed by atoms with van der Waals surface area (Å²) < 4.78 is 4.65. The molecule has 7 heteroatoms. The highest BCUT2D eigenvalue weighted by atomic mass is 35.5. The van der Waals surface area contributed by atoms with Crippen LogP contribution in [0.1, 0.15) is 22.5 Å². The molecule has 2 rings (SSSR count). The number of aromatic nitrogens is 1. The van der Waals surface area contributed by atoms with E-state index in [1.807, 2.05) is 0 Å². The largest absolute Gasteiger partial charge is 0.465 e. The van der Waals surface area contributed by atoms with Gasteiger partial charge in [-0.15, -0.1) is 0 Å². The van der Waals surface area contributed by atoms with E-state index in [4.69, 9.17) is 11.6 Å². The first-order valence-corrected chi connectivity index (χ1v) is 6.99. The molecule has 0 atom stereocenters. The molecular formula is C11H16ClN3O2S. The Hall–Kier alpha value is -0.850. The van der Waals surface area contributed by atoms with Crippen LogP contribution in [-0.2, 0) is 4.74 Å². The van der Waals surface area contributed by atoms with Gasteiger partial charge in [0.15, 0.2) is 15.2 Å². The monoisotopic (exact) mass is 289 g/mol. The highest BCUT2D eigenvalue weighted by Gasteiger charge is 2.21. The molecular weight excluding hydrogens is 274 g/mol. The molecule has 1 fully saturated rings. The molecule has 0 bridgehead atoms. The van der Waals surface area contributed by atoms with Crippen molar-refractivity contribution in [1.29, 1.82) is 0 Å². The van der Waals surface area contributed by atoms with Crippen LogP contribution in [0.2, 0.25) is 5.15 Å². The summed E-state index contributed by atoms with van der Waals surface area (Å²) >= 11 is 7.15. The number of halogens is 1. The number of thiazole rings is 1. The van der Waals surface area contributed by atoms with E-state index in [0.717, 1.165) is 25.9 Å². The number of nitrogens with zero attached hydrogens (tertiary/aromatic N) is 2. The average Bonchev–Trinajstić information content (AvgIpc) is 2.72. The molecule has 18 heavy (non-hydrogen) atoms. The minimum Gasteiger partial charge on any atom is -0.465 e. The van der Waals surface area contributed by atoms with Crippen molar-refractivity contribution in [3.63, 3.8) is 0 Å². The van der Waals surface area contributed by atoms with Gasteiger partial charge >= 0.3 is 5.97 Å². The lowest BCUT2D eigenvalue weighted by molar-refractivity contribution is 0.0606. The van der Waals surface area contributed by atoms with Crippen LogP contribution in [0.25, 0.3) is 0 Å². The van der Waals surface area contributed by atoms with Gasteiger partial charge in [-0.05, 0) is 33.0 Å². The second kappa shape index (κ2) is 5.86. The lowest BCUT2D eigenvalue weighted by atomic mass is 10.1. The predicted octanol–water partition coefficient (Wildman–Crippen LogP) is 2.09. The first-order valence-electron chi connectivity index (χ1n) is 5.80. The summed E-state index contributed by atoms with van der Waals surface area (Å²) in [4.78, 5) is 18.2. The number of piperidine rings is 1. The van der Waals surface area contributed by atoms with Crippen molar-refractivity contribution in [3.8, 4) is 0 Å². The lowest BCUT2D eigenvalue weighted by Crippen LogP contribution is -2.36. The lowest BCUT2D eigenvalue weighted by Gasteiger charge is -2.29. The Bertz CT molecular complexity index is 430. The Labute approximate surface area is 115 Å². The number of methoxy groups -OCH3 is 1. The quantitative estimate of drug-likeness (QED) is 0.864. The van der Waals surface area contributed by atoms with Gasteiger partial charge in [0, 0.05) is 6.04 Å². The summed E-state index contributed by atoms with van der Waals surface area (Å²) in [5, 5.41) is 4.23. The summed E-state index contributed by atoms with van der Waals surface area (Å²) in [5.41, 5.74) is 0. The standard InChI is InChI=1S/C11H16ClN3O2S/c1-15-5-3-7(4-6-15)13-11-14-9(12)8(18-11)10(16)17-2/h7H,3-6H2,1-2H3,(H,13,14). The van der Waals surface area contributed by atoms with E-state index >= 15 is 0 Å². The summed E-state index contributed by atoms with van der Waals surface area (Å²) in [6.07, 6.45) is 2.14. The van der Waals surface area contributed by atoms with Crippen molar-refractivity contribution >= 4 is 34.0 Å². The van der Waals surface area contributed by atoms with Crippen LogP contribution in [0.15, 0.2) is 0 Å². The van der Waals surface area contributed by atoms with Crippen LogP contribution in [0.3, 0.4) is 0 Å². The van der Waals surface area contributed by atoms with Crippen LogP contribution < -0.4 is 5.32 Å². The van der Waals surface area contributed by atoms with Crippen LogP contribution >= 0.6 is 22.9 Å². The van der Waals surface area contributed by atoms with Crippen molar-refractivity contribution in [2.75, 3.05) is 32.6 Å². The second-order valence-electron chi connectivity index (χ2n) is 4.35. The maximum absolute atomic E-state index is 11.4. The number of carbonyl (C=O) groups excluding carboxylic acids is 1. The van der Waals surface area contributed by atoms with Gasteiger partial charge in [-0.3, -0.25) is 0 Å². The number of likely N-dealkylation sites (tertiary alicyclic amines) is 1.